The van der Waals surface area contributed by atoms with Crippen molar-refractivity contribution >= 4 is 0 Å². The highest BCUT2D eigenvalue weighted by Crippen LogP contribution is 2.60. The van der Waals surface area contributed by atoms with Crippen LogP contribution in [0.25, 0.3) is 0 Å². The third-order valence-corrected chi connectivity index (χ3v) is 6.39. The summed E-state index contributed by atoms with van der Waals surface area (Å²) in [7, 11) is 2.32. The predicted molar refractivity (Wildman–Crippen MR) is 76.8 cm³/mol. The van der Waals surface area contributed by atoms with Crippen LogP contribution in [-0.4, -0.2) is 35.7 Å². The van der Waals surface area contributed by atoms with Gasteiger partial charge in [-0.25, -0.2) is 0 Å². The monoisotopic (exact) mass is 259 g/mol. The van der Waals surface area contributed by atoms with E-state index in [1.165, 1.54) is 45.1 Å². The summed E-state index contributed by atoms with van der Waals surface area (Å²) in [6.07, 6.45) is 13.1. The van der Waals surface area contributed by atoms with Gasteiger partial charge in [-0.15, -0.1) is 0 Å². The number of aliphatic hydroxyl groups excluding tert-OH is 1. The van der Waals surface area contributed by atoms with E-state index in [0.29, 0.717) is 5.41 Å². The Morgan fingerprint density at radius 2 is 2.16 bits per heavy atom. The van der Waals surface area contributed by atoms with Gasteiger partial charge in [-0.3, -0.25) is 0 Å². The van der Waals surface area contributed by atoms with E-state index in [9.17, 15) is 5.11 Å². The largest absolute Gasteiger partial charge is 0.389 e. The Labute approximate surface area is 116 Å². The number of likely N-dealkylation sites (tertiary alicyclic amines) is 1. The lowest BCUT2D eigenvalue weighted by molar-refractivity contribution is -0.0286. The van der Waals surface area contributed by atoms with Crippen LogP contribution in [0.1, 0.15) is 44.9 Å². The smallest absolute Gasteiger partial charge is 0.0761 e. The summed E-state index contributed by atoms with van der Waals surface area (Å²) in [5, 5.41) is 10.1. The molecule has 0 aromatic carbocycles. The van der Waals surface area contributed by atoms with Gasteiger partial charge in [0.05, 0.1) is 6.10 Å². The minimum Gasteiger partial charge on any atom is -0.389 e. The number of rotatable bonds is 0. The predicted octanol–water partition coefficient (Wildman–Crippen LogP) is 2.89. The first kappa shape index (κ1) is 12.2. The van der Waals surface area contributed by atoms with Crippen LogP contribution >= 0.6 is 0 Å². The van der Waals surface area contributed by atoms with Crippen LogP contribution in [0.4, 0.5) is 0 Å². The Bertz CT molecular complexity index is 452. The number of nitrogens with zero attached hydrogens (tertiary/aromatic N) is 1. The number of piperidine rings is 1. The summed E-state index contributed by atoms with van der Waals surface area (Å²) in [5.41, 5.74) is 3.67. The van der Waals surface area contributed by atoms with Gasteiger partial charge in [0, 0.05) is 6.04 Å². The van der Waals surface area contributed by atoms with E-state index < -0.39 is 0 Å². The molecule has 0 amide bonds. The fourth-order valence-electron chi connectivity index (χ4n) is 5.49. The lowest BCUT2D eigenvalue weighted by Crippen LogP contribution is -2.57. The molecule has 0 aromatic rings. The molecule has 4 rings (SSSR count). The van der Waals surface area contributed by atoms with Gasteiger partial charge >= 0.3 is 0 Å². The molecule has 1 saturated carbocycles. The first-order chi connectivity index (χ1) is 9.21. The highest BCUT2D eigenvalue weighted by molar-refractivity contribution is 5.41. The van der Waals surface area contributed by atoms with Crippen molar-refractivity contribution in [2.45, 2.75) is 57.1 Å². The number of hydrogen-bond donors (Lipinski definition) is 1. The van der Waals surface area contributed by atoms with E-state index in [4.69, 9.17) is 0 Å². The summed E-state index contributed by atoms with van der Waals surface area (Å²) in [4.78, 5) is 2.61. The zero-order chi connectivity index (χ0) is 13.0. The molecule has 2 bridgehead atoms. The van der Waals surface area contributed by atoms with Crippen LogP contribution in [0.3, 0.4) is 0 Å². The lowest BCUT2D eigenvalue weighted by atomic mass is 9.51. The van der Waals surface area contributed by atoms with Gasteiger partial charge in [0.25, 0.3) is 0 Å². The van der Waals surface area contributed by atoms with Crippen LogP contribution in [0.2, 0.25) is 0 Å². The lowest BCUT2D eigenvalue weighted by Gasteiger charge is -2.59. The maximum atomic E-state index is 10.1. The molecular formula is C17H25NO. The highest BCUT2D eigenvalue weighted by atomic mass is 16.3. The molecule has 3 aliphatic carbocycles. The van der Waals surface area contributed by atoms with Crippen molar-refractivity contribution in [3.8, 4) is 0 Å². The quantitative estimate of drug-likeness (QED) is 0.723. The SMILES string of the molecule is CN1CC[C@]23CCCCC2C1CC1=C3C[C@@H](O)C=C1. The molecule has 2 fully saturated rings. The highest BCUT2D eigenvalue weighted by Gasteiger charge is 2.54. The summed E-state index contributed by atoms with van der Waals surface area (Å²) in [5.74, 6) is 0.859. The second-order valence-corrected chi connectivity index (χ2v) is 7.14. The third kappa shape index (κ3) is 1.62. The Hall–Kier alpha value is -0.600. The average molecular weight is 259 g/mol. The van der Waals surface area contributed by atoms with Gasteiger partial charge in [0.1, 0.15) is 0 Å². The normalized spacial score (nSPS) is 45.9. The molecule has 4 atom stereocenters. The number of aliphatic hydroxyl groups is 1. The molecule has 4 aliphatic rings. The molecule has 2 heteroatoms. The van der Waals surface area contributed by atoms with Crippen molar-refractivity contribution in [1.82, 2.24) is 4.90 Å². The Kier molecular flexibility index (Phi) is 2.69. The van der Waals surface area contributed by atoms with Gasteiger partial charge in [-0.1, -0.05) is 30.6 Å². The molecule has 0 aromatic heterocycles. The van der Waals surface area contributed by atoms with Crippen molar-refractivity contribution in [1.29, 1.82) is 0 Å². The van der Waals surface area contributed by atoms with E-state index in [-0.39, 0.29) is 6.10 Å². The Morgan fingerprint density at radius 3 is 3.05 bits per heavy atom. The van der Waals surface area contributed by atoms with Crippen LogP contribution in [-0.2, 0) is 0 Å². The number of hydrogen-bond acceptors (Lipinski definition) is 2. The fraction of sp³-hybridized carbons (Fsp3) is 0.765. The van der Waals surface area contributed by atoms with E-state index >= 15 is 0 Å². The van der Waals surface area contributed by atoms with Crippen LogP contribution in [0.15, 0.2) is 23.3 Å². The molecule has 19 heavy (non-hydrogen) atoms. The second-order valence-electron chi connectivity index (χ2n) is 7.14. The number of allylic oxidation sites excluding steroid dienone is 1. The zero-order valence-corrected chi connectivity index (χ0v) is 11.9. The van der Waals surface area contributed by atoms with E-state index in [0.717, 1.165) is 18.4 Å². The van der Waals surface area contributed by atoms with Crippen molar-refractivity contribution < 1.29 is 5.11 Å². The van der Waals surface area contributed by atoms with Crippen molar-refractivity contribution in [3.63, 3.8) is 0 Å². The van der Waals surface area contributed by atoms with Crippen molar-refractivity contribution in [3.05, 3.63) is 23.3 Å². The van der Waals surface area contributed by atoms with Gasteiger partial charge in [-0.05, 0) is 62.6 Å². The van der Waals surface area contributed by atoms with E-state index in [1.54, 1.807) is 11.1 Å². The summed E-state index contributed by atoms with van der Waals surface area (Å²) in [6, 6.07) is 0.757. The molecule has 0 radical (unpaired) electrons. The second kappa shape index (κ2) is 4.20. The topological polar surface area (TPSA) is 23.5 Å². The van der Waals surface area contributed by atoms with Crippen LogP contribution in [0.5, 0.6) is 0 Å². The summed E-state index contributed by atoms with van der Waals surface area (Å²) >= 11 is 0. The molecule has 2 unspecified atom stereocenters. The maximum Gasteiger partial charge on any atom is 0.0761 e. The Balaban J connectivity index is 1.83. The summed E-state index contributed by atoms with van der Waals surface area (Å²) in [6.45, 7) is 1.25. The minimum atomic E-state index is -0.230. The van der Waals surface area contributed by atoms with Crippen LogP contribution in [0, 0.1) is 11.3 Å². The Morgan fingerprint density at radius 1 is 1.26 bits per heavy atom. The standard InChI is InChI=1S/C17H25NO/c1-18-9-8-17-7-3-2-4-14(17)16(18)10-12-5-6-13(19)11-15(12)17/h5-6,13-14,16,19H,2-4,7-11H2,1H3/t13-,14?,16?,17+/m0/s1. The van der Waals surface area contributed by atoms with Crippen molar-refractivity contribution in [2.75, 3.05) is 13.6 Å². The molecule has 1 N–H and O–H groups in total. The van der Waals surface area contributed by atoms with E-state index in [1.807, 2.05) is 6.08 Å². The van der Waals surface area contributed by atoms with E-state index in [2.05, 4.69) is 18.0 Å². The first-order valence-corrected chi connectivity index (χ1v) is 8.00. The van der Waals surface area contributed by atoms with Gasteiger partial charge in [0.2, 0.25) is 0 Å². The van der Waals surface area contributed by atoms with Crippen molar-refractivity contribution in [2.24, 2.45) is 11.3 Å². The molecular weight excluding hydrogens is 234 g/mol. The minimum absolute atomic E-state index is 0.230. The first-order valence-electron chi connectivity index (χ1n) is 8.00. The van der Waals surface area contributed by atoms with Crippen LogP contribution < -0.4 is 0 Å². The average Bonchev–Trinajstić information content (AvgIpc) is 2.43. The maximum absolute atomic E-state index is 10.1. The molecule has 104 valence electrons. The van der Waals surface area contributed by atoms with Gasteiger partial charge in [-0.2, -0.15) is 0 Å². The molecule has 1 aliphatic heterocycles. The molecule has 1 saturated heterocycles. The van der Waals surface area contributed by atoms with Gasteiger partial charge in [0.15, 0.2) is 0 Å². The molecule has 2 nitrogen and oxygen atoms in total. The molecule has 0 spiro atoms. The summed E-state index contributed by atoms with van der Waals surface area (Å²) < 4.78 is 0. The fourth-order valence-corrected chi connectivity index (χ4v) is 5.49. The van der Waals surface area contributed by atoms with Gasteiger partial charge < -0.3 is 10.0 Å². The molecule has 1 heterocycles. The third-order valence-electron chi connectivity index (χ3n) is 6.39. The zero-order valence-electron chi connectivity index (χ0n) is 11.9.